The smallest absolute Gasteiger partial charge is 0.323 e. The number of rotatable bonds is 6. The Morgan fingerprint density at radius 1 is 0.879 bits per heavy atom. The van der Waals surface area contributed by atoms with Crippen molar-refractivity contribution in [3.63, 3.8) is 0 Å². The van der Waals surface area contributed by atoms with Gasteiger partial charge in [-0.1, -0.05) is 24.3 Å². The quantitative estimate of drug-likeness (QED) is 0.557. The molecule has 2 amide bonds. The van der Waals surface area contributed by atoms with Gasteiger partial charge in [0.05, 0.1) is 24.8 Å². The molecule has 9 heteroatoms. The van der Waals surface area contributed by atoms with Crippen molar-refractivity contribution in [2.24, 2.45) is 0 Å². The van der Waals surface area contributed by atoms with E-state index >= 15 is 0 Å². The maximum Gasteiger partial charge on any atom is 0.323 e. The summed E-state index contributed by atoms with van der Waals surface area (Å²) in [5.74, 6) is 1.05. The van der Waals surface area contributed by atoms with Gasteiger partial charge in [-0.2, -0.15) is 0 Å². The molecule has 2 N–H and O–H groups in total. The standard InChI is InChI=1S/C24H25N3O5S/c1-31-22-13-12-19(16-23(22)32-2)26-24(28)25-18-11-10-17-7-6-14-27(21(17)15-18)33(29,30)20-8-4-3-5-9-20/h3-5,8-13,15-16H,6-7,14H2,1-2H3,(H2,25,26,28). The zero-order valence-electron chi connectivity index (χ0n) is 18.4. The summed E-state index contributed by atoms with van der Waals surface area (Å²) < 4.78 is 38.4. The van der Waals surface area contributed by atoms with Gasteiger partial charge in [0.2, 0.25) is 0 Å². The number of nitrogens with one attached hydrogen (secondary N) is 2. The molecule has 0 fully saturated rings. The number of amides is 2. The van der Waals surface area contributed by atoms with Crippen LogP contribution in [0.1, 0.15) is 12.0 Å². The molecule has 4 rings (SSSR count). The molecule has 0 bridgehead atoms. The van der Waals surface area contributed by atoms with Crippen molar-refractivity contribution in [3.8, 4) is 11.5 Å². The first-order valence-corrected chi connectivity index (χ1v) is 11.9. The molecule has 33 heavy (non-hydrogen) atoms. The highest BCUT2D eigenvalue weighted by molar-refractivity contribution is 7.92. The Balaban J connectivity index is 1.55. The van der Waals surface area contributed by atoms with Crippen molar-refractivity contribution in [2.75, 3.05) is 35.7 Å². The second-order valence-electron chi connectivity index (χ2n) is 7.49. The fraction of sp³-hybridized carbons (Fsp3) is 0.208. The van der Waals surface area contributed by atoms with Gasteiger partial charge in [0.15, 0.2) is 11.5 Å². The van der Waals surface area contributed by atoms with Crippen molar-refractivity contribution >= 4 is 33.1 Å². The number of benzene rings is 3. The van der Waals surface area contributed by atoms with E-state index in [2.05, 4.69) is 10.6 Å². The number of methoxy groups -OCH3 is 2. The molecule has 0 unspecified atom stereocenters. The van der Waals surface area contributed by atoms with Gasteiger partial charge in [-0.3, -0.25) is 4.31 Å². The average molecular weight is 468 g/mol. The van der Waals surface area contributed by atoms with Crippen LogP contribution in [0.2, 0.25) is 0 Å². The highest BCUT2D eigenvalue weighted by atomic mass is 32.2. The number of sulfonamides is 1. The van der Waals surface area contributed by atoms with Crippen LogP contribution in [0.25, 0.3) is 0 Å². The molecule has 0 radical (unpaired) electrons. The Bertz CT molecular complexity index is 1260. The first-order valence-electron chi connectivity index (χ1n) is 10.4. The lowest BCUT2D eigenvalue weighted by Gasteiger charge is -2.31. The van der Waals surface area contributed by atoms with E-state index in [4.69, 9.17) is 9.47 Å². The molecule has 0 aliphatic carbocycles. The molecule has 3 aromatic rings. The molecule has 0 spiro atoms. The Kier molecular flexibility index (Phi) is 6.41. The number of urea groups is 1. The van der Waals surface area contributed by atoms with Gasteiger partial charge in [-0.15, -0.1) is 0 Å². The van der Waals surface area contributed by atoms with E-state index in [1.54, 1.807) is 60.7 Å². The van der Waals surface area contributed by atoms with Gasteiger partial charge in [-0.05, 0) is 54.8 Å². The van der Waals surface area contributed by atoms with Gasteiger partial charge in [0.1, 0.15) is 0 Å². The van der Waals surface area contributed by atoms with E-state index in [9.17, 15) is 13.2 Å². The monoisotopic (exact) mass is 467 g/mol. The second kappa shape index (κ2) is 9.41. The molecule has 0 atom stereocenters. The van der Waals surface area contributed by atoms with Crippen LogP contribution in [0.5, 0.6) is 11.5 Å². The van der Waals surface area contributed by atoms with E-state index in [-0.39, 0.29) is 4.90 Å². The number of carbonyl (C=O) groups is 1. The van der Waals surface area contributed by atoms with Crippen LogP contribution in [-0.2, 0) is 16.4 Å². The third-order valence-electron chi connectivity index (χ3n) is 5.39. The SMILES string of the molecule is COc1ccc(NC(=O)Nc2ccc3c(c2)N(S(=O)(=O)c2ccccc2)CCC3)cc1OC. The summed E-state index contributed by atoms with van der Waals surface area (Å²) in [6.45, 7) is 0.380. The summed E-state index contributed by atoms with van der Waals surface area (Å²) in [5, 5.41) is 5.52. The number of hydrogen-bond acceptors (Lipinski definition) is 5. The molecule has 1 aliphatic heterocycles. The lowest BCUT2D eigenvalue weighted by molar-refractivity contribution is 0.262. The maximum atomic E-state index is 13.2. The van der Waals surface area contributed by atoms with E-state index in [0.717, 1.165) is 18.4 Å². The van der Waals surface area contributed by atoms with Crippen LogP contribution < -0.4 is 24.4 Å². The molecule has 3 aromatic carbocycles. The summed E-state index contributed by atoms with van der Waals surface area (Å²) in [6.07, 6.45) is 1.50. The van der Waals surface area contributed by atoms with Crippen LogP contribution in [0.3, 0.4) is 0 Å². The molecule has 1 heterocycles. The van der Waals surface area contributed by atoms with Crippen LogP contribution in [0.15, 0.2) is 71.6 Å². The number of fused-ring (bicyclic) bond motifs is 1. The third-order valence-corrected chi connectivity index (χ3v) is 7.22. The molecule has 1 aliphatic rings. The summed E-state index contributed by atoms with van der Waals surface area (Å²) in [5.41, 5.74) is 2.51. The minimum absolute atomic E-state index is 0.238. The predicted molar refractivity (Wildman–Crippen MR) is 128 cm³/mol. The maximum absolute atomic E-state index is 13.2. The molecule has 0 saturated carbocycles. The van der Waals surface area contributed by atoms with E-state index in [1.165, 1.54) is 18.5 Å². The van der Waals surface area contributed by atoms with Crippen LogP contribution in [-0.4, -0.2) is 35.2 Å². The van der Waals surface area contributed by atoms with Crippen molar-refractivity contribution in [2.45, 2.75) is 17.7 Å². The fourth-order valence-corrected chi connectivity index (χ4v) is 5.35. The lowest BCUT2D eigenvalue weighted by Crippen LogP contribution is -2.35. The average Bonchev–Trinajstić information content (AvgIpc) is 2.84. The van der Waals surface area contributed by atoms with Crippen LogP contribution in [0, 0.1) is 0 Å². The first-order chi connectivity index (χ1) is 15.9. The number of aryl methyl sites for hydroxylation is 1. The number of anilines is 3. The topological polar surface area (TPSA) is 97.0 Å². The minimum Gasteiger partial charge on any atom is -0.493 e. The minimum atomic E-state index is -3.70. The van der Waals surface area contributed by atoms with Gasteiger partial charge < -0.3 is 20.1 Å². The Morgan fingerprint density at radius 3 is 2.24 bits per heavy atom. The van der Waals surface area contributed by atoms with Gasteiger partial charge in [0, 0.05) is 24.0 Å². The van der Waals surface area contributed by atoms with Gasteiger partial charge >= 0.3 is 6.03 Å². The Hall–Kier alpha value is -3.72. The highest BCUT2D eigenvalue weighted by Gasteiger charge is 2.29. The normalized spacial score (nSPS) is 13.1. The zero-order chi connectivity index (χ0) is 23.4. The largest absolute Gasteiger partial charge is 0.493 e. The van der Waals surface area contributed by atoms with Crippen LogP contribution >= 0.6 is 0 Å². The molecular formula is C24H25N3O5S. The predicted octanol–water partition coefficient (Wildman–Crippen LogP) is 4.49. The van der Waals surface area contributed by atoms with Crippen molar-refractivity contribution < 1.29 is 22.7 Å². The second-order valence-corrected chi connectivity index (χ2v) is 9.35. The molecular weight excluding hydrogens is 442 g/mol. The molecule has 0 aromatic heterocycles. The van der Waals surface area contributed by atoms with Crippen molar-refractivity contribution in [1.29, 1.82) is 0 Å². The number of hydrogen-bond donors (Lipinski definition) is 2. The van der Waals surface area contributed by atoms with E-state index in [1.807, 2.05) is 6.07 Å². The highest BCUT2D eigenvalue weighted by Crippen LogP contribution is 2.34. The number of ether oxygens (including phenoxy) is 2. The first kappa shape index (κ1) is 22.5. The fourth-order valence-electron chi connectivity index (χ4n) is 3.80. The summed E-state index contributed by atoms with van der Waals surface area (Å²) >= 11 is 0. The summed E-state index contributed by atoms with van der Waals surface area (Å²) in [4.78, 5) is 12.8. The molecule has 0 saturated heterocycles. The van der Waals surface area contributed by atoms with E-state index < -0.39 is 16.1 Å². The Morgan fingerprint density at radius 2 is 1.55 bits per heavy atom. The van der Waals surface area contributed by atoms with Crippen LogP contribution in [0.4, 0.5) is 21.9 Å². The molecule has 8 nitrogen and oxygen atoms in total. The summed E-state index contributed by atoms with van der Waals surface area (Å²) in [6, 6.07) is 18.3. The van der Waals surface area contributed by atoms with Crippen molar-refractivity contribution in [3.05, 3.63) is 72.3 Å². The van der Waals surface area contributed by atoms with Gasteiger partial charge in [0.25, 0.3) is 10.0 Å². The summed E-state index contributed by atoms with van der Waals surface area (Å²) in [7, 11) is -0.650. The third kappa shape index (κ3) is 4.73. The van der Waals surface area contributed by atoms with Gasteiger partial charge in [-0.25, -0.2) is 13.2 Å². The van der Waals surface area contributed by atoms with E-state index in [0.29, 0.717) is 35.1 Å². The van der Waals surface area contributed by atoms with Crippen molar-refractivity contribution in [1.82, 2.24) is 0 Å². The lowest BCUT2D eigenvalue weighted by atomic mass is 10.0. The number of nitrogens with zero attached hydrogens (tertiary/aromatic N) is 1. The zero-order valence-corrected chi connectivity index (χ0v) is 19.2. The Labute approximate surface area is 193 Å². The number of carbonyl (C=O) groups excluding carboxylic acids is 1. The molecule has 172 valence electrons.